The molecule has 4 atom stereocenters. The molecule has 0 bridgehead atoms. The first-order valence-corrected chi connectivity index (χ1v) is 10.1. The molecule has 3 rings (SSSR count). The molecule has 0 aliphatic heterocycles. The summed E-state index contributed by atoms with van der Waals surface area (Å²) in [6.45, 7) is 2.30. The molecule has 0 saturated heterocycles. The Balaban J connectivity index is 1.47. The van der Waals surface area contributed by atoms with Crippen molar-refractivity contribution >= 4 is 0 Å². The van der Waals surface area contributed by atoms with E-state index in [-0.39, 0.29) is 0 Å². The molecule has 0 radical (unpaired) electrons. The second kappa shape index (κ2) is 8.12. The van der Waals surface area contributed by atoms with Crippen LogP contribution in [0.4, 0.5) is 8.78 Å². The second-order valence-corrected chi connectivity index (χ2v) is 8.42. The van der Waals surface area contributed by atoms with Crippen molar-refractivity contribution < 1.29 is 8.78 Å². The summed E-state index contributed by atoms with van der Waals surface area (Å²) >= 11 is 0. The van der Waals surface area contributed by atoms with Gasteiger partial charge in [-0.25, -0.2) is 8.78 Å². The summed E-state index contributed by atoms with van der Waals surface area (Å²) in [5, 5.41) is 0. The summed E-state index contributed by atoms with van der Waals surface area (Å²) in [7, 11) is 0. The first-order valence-electron chi connectivity index (χ1n) is 10.1. The molecule has 0 aromatic rings. The average molecular weight is 324 g/mol. The molecule has 0 aromatic carbocycles. The number of alkyl halides is 2. The van der Waals surface area contributed by atoms with E-state index in [2.05, 4.69) is 13.0 Å². The summed E-state index contributed by atoms with van der Waals surface area (Å²) in [5.41, 5.74) is 1.45. The zero-order valence-electron chi connectivity index (χ0n) is 14.8. The van der Waals surface area contributed by atoms with Crippen LogP contribution >= 0.6 is 0 Å². The van der Waals surface area contributed by atoms with Gasteiger partial charge in [-0.3, -0.25) is 0 Å². The van der Waals surface area contributed by atoms with Crippen molar-refractivity contribution in [3.8, 4) is 0 Å². The molecular formula is C21H34F2. The lowest BCUT2D eigenvalue weighted by Gasteiger charge is -2.37. The molecule has 0 nitrogen and oxygen atoms in total. The van der Waals surface area contributed by atoms with Crippen LogP contribution in [0, 0.1) is 23.7 Å². The van der Waals surface area contributed by atoms with Gasteiger partial charge in [0.05, 0.1) is 0 Å². The minimum Gasteiger partial charge on any atom is -0.244 e. The standard InChI is InChI=1S/C21H34F2/c1-2-3-15-4-6-16(7-5-15)17-8-10-18(11-9-17)19-12-13-20(22)21(23)14-19/h10,15-17,19-21H,2-9,11-14H2,1H3. The van der Waals surface area contributed by atoms with Gasteiger partial charge in [0.2, 0.25) is 0 Å². The number of hydrogen-bond acceptors (Lipinski definition) is 0. The van der Waals surface area contributed by atoms with Gasteiger partial charge in [0.15, 0.2) is 0 Å². The Bertz CT molecular complexity index is 395. The van der Waals surface area contributed by atoms with Crippen molar-refractivity contribution in [1.82, 2.24) is 0 Å². The molecule has 2 fully saturated rings. The molecule has 0 spiro atoms. The first-order chi connectivity index (χ1) is 11.2. The van der Waals surface area contributed by atoms with Crippen LogP contribution in [0.25, 0.3) is 0 Å². The molecule has 0 heterocycles. The highest BCUT2D eigenvalue weighted by molar-refractivity contribution is 5.13. The third-order valence-electron chi connectivity index (χ3n) is 6.96. The zero-order chi connectivity index (χ0) is 16.2. The third-order valence-corrected chi connectivity index (χ3v) is 6.96. The lowest BCUT2D eigenvalue weighted by Crippen LogP contribution is -2.29. The fraction of sp³-hybridized carbons (Fsp3) is 0.905. The van der Waals surface area contributed by atoms with Gasteiger partial charge in [0.1, 0.15) is 12.3 Å². The predicted molar refractivity (Wildman–Crippen MR) is 92.9 cm³/mol. The summed E-state index contributed by atoms with van der Waals surface area (Å²) in [4.78, 5) is 0. The minimum absolute atomic E-state index is 0.332. The smallest absolute Gasteiger partial charge is 0.132 e. The summed E-state index contributed by atoms with van der Waals surface area (Å²) in [5.74, 6) is 3.11. The zero-order valence-corrected chi connectivity index (χ0v) is 14.8. The normalized spacial score (nSPS) is 42.3. The van der Waals surface area contributed by atoms with Gasteiger partial charge in [0.25, 0.3) is 0 Å². The van der Waals surface area contributed by atoms with E-state index in [1.54, 1.807) is 0 Å². The molecule has 132 valence electrons. The van der Waals surface area contributed by atoms with Crippen molar-refractivity contribution in [2.24, 2.45) is 23.7 Å². The molecule has 0 aromatic heterocycles. The molecule has 23 heavy (non-hydrogen) atoms. The fourth-order valence-electron chi connectivity index (χ4n) is 5.45. The highest BCUT2D eigenvalue weighted by Crippen LogP contribution is 2.43. The average Bonchev–Trinajstić information content (AvgIpc) is 2.59. The molecule has 2 heteroatoms. The lowest BCUT2D eigenvalue weighted by atomic mass is 9.69. The highest BCUT2D eigenvalue weighted by Gasteiger charge is 2.34. The van der Waals surface area contributed by atoms with Crippen molar-refractivity contribution in [3.63, 3.8) is 0 Å². The molecule has 4 unspecified atom stereocenters. The highest BCUT2D eigenvalue weighted by atomic mass is 19.2. The molecule has 0 N–H and O–H groups in total. The maximum atomic E-state index is 13.6. The monoisotopic (exact) mass is 324 g/mol. The van der Waals surface area contributed by atoms with E-state index in [0.717, 1.165) is 30.6 Å². The van der Waals surface area contributed by atoms with E-state index in [4.69, 9.17) is 0 Å². The molecule has 3 aliphatic carbocycles. The van der Waals surface area contributed by atoms with E-state index in [9.17, 15) is 8.78 Å². The van der Waals surface area contributed by atoms with Crippen LogP contribution < -0.4 is 0 Å². The van der Waals surface area contributed by atoms with E-state index in [0.29, 0.717) is 18.8 Å². The van der Waals surface area contributed by atoms with Crippen molar-refractivity contribution in [2.45, 2.75) is 96.3 Å². The van der Waals surface area contributed by atoms with Crippen LogP contribution in [-0.2, 0) is 0 Å². The summed E-state index contributed by atoms with van der Waals surface area (Å²) in [6, 6.07) is 0. The topological polar surface area (TPSA) is 0 Å². The minimum atomic E-state index is -1.22. The van der Waals surface area contributed by atoms with Gasteiger partial charge in [-0.2, -0.15) is 0 Å². The number of hydrogen-bond donors (Lipinski definition) is 0. The van der Waals surface area contributed by atoms with Gasteiger partial charge in [-0.05, 0) is 75.0 Å². The van der Waals surface area contributed by atoms with E-state index < -0.39 is 12.3 Å². The Labute approximate surface area is 141 Å². The first kappa shape index (κ1) is 17.4. The summed E-state index contributed by atoms with van der Waals surface area (Å²) < 4.78 is 27.0. The van der Waals surface area contributed by atoms with Crippen molar-refractivity contribution in [1.29, 1.82) is 0 Å². The quantitative estimate of drug-likeness (QED) is 0.499. The van der Waals surface area contributed by atoms with Crippen LogP contribution in [-0.4, -0.2) is 12.3 Å². The maximum Gasteiger partial charge on any atom is 0.132 e. The number of allylic oxidation sites excluding steroid dienone is 2. The van der Waals surface area contributed by atoms with E-state index in [1.807, 2.05) is 0 Å². The lowest BCUT2D eigenvalue weighted by molar-refractivity contribution is 0.0964. The Morgan fingerprint density at radius 2 is 1.70 bits per heavy atom. The van der Waals surface area contributed by atoms with E-state index >= 15 is 0 Å². The Morgan fingerprint density at radius 1 is 0.913 bits per heavy atom. The molecular weight excluding hydrogens is 290 g/mol. The van der Waals surface area contributed by atoms with Crippen molar-refractivity contribution in [3.05, 3.63) is 11.6 Å². The van der Waals surface area contributed by atoms with Crippen LogP contribution in [0.3, 0.4) is 0 Å². The molecule has 0 amide bonds. The van der Waals surface area contributed by atoms with Crippen LogP contribution in [0.1, 0.15) is 84.0 Å². The predicted octanol–water partition coefficient (Wildman–Crippen LogP) is 6.80. The van der Waals surface area contributed by atoms with Crippen LogP contribution in [0.5, 0.6) is 0 Å². The Morgan fingerprint density at radius 3 is 2.30 bits per heavy atom. The maximum absolute atomic E-state index is 13.6. The Kier molecular flexibility index (Phi) is 6.15. The van der Waals surface area contributed by atoms with Gasteiger partial charge in [0, 0.05) is 0 Å². The SMILES string of the molecule is CCCC1CCC(C2CC=C(C3CCC(F)C(F)C3)CC2)CC1. The van der Waals surface area contributed by atoms with E-state index in [1.165, 1.54) is 56.9 Å². The fourth-order valence-corrected chi connectivity index (χ4v) is 5.45. The third kappa shape index (κ3) is 4.37. The van der Waals surface area contributed by atoms with Gasteiger partial charge in [-0.15, -0.1) is 0 Å². The van der Waals surface area contributed by atoms with Gasteiger partial charge in [-0.1, -0.05) is 44.3 Å². The van der Waals surface area contributed by atoms with Gasteiger partial charge < -0.3 is 0 Å². The largest absolute Gasteiger partial charge is 0.244 e. The molecule has 2 saturated carbocycles. The molecule has 3 aliphatic rings. The number of halogens is 2. The second-order valence-electron chi connectivity index (χ2n) is 8.42. The van der Waals surface area contributed by atoms with Gasteiger partial charge >= 0.3 is 0 Å². The van der Waals surface area contributed by atoms with Crippen molar-refractivity contribution in [2.75, 3.05) is 0 Å². The Hall–Kier alpha value is -0.400. The van der Waals surface area contributed by atoms with Crippen LogP contribution in [0.2, 0.25) is 0 Å². The number of rotatable bonds is 4. The van der Waals surface area contributed by atoms with Crippen LogP contribution in [0.15, 0.2) is 11.6 Å². The summed E-state index contributed by atoms with van der Waals surface area (Å²) in [6.07, 6.45) is 13.8.